The number of aromatic nitrogens is 2. The molecular weight excluding hydrogens is 358 g/mol. The lowest BCUT2D eigenvalue weighted by molar-refractivity contribution is 0.241. The van der Waals surface area contributed by atoms with Gasteiger partial charge in [-0.05, 0) is 53.8 Å². The number of hydrogen-bond acceptors (Lipinski definition) is 7. The Bertz CT molecular complexity index is 865. The van der Waals surface area contributed by atoms with Gasteiger partial charge < -0.3 is 13.9 Å². The lowest BCUT2D eigenvalue weighted by Gasteiger charge is -2.14. The van der Waals surface area contributed by atoms with E-state index in [4.69, 9.17) is 26.1 Å². The fourth-order valence-corrected chi connectivity index (χ4v) is 3.25. The van der Waals surface area contributed by atoms with E-state index in [1.165, 1.54) is 5.56 Å². The van der Waals surface area contributed by atoms with E-state index >= 15 is 0 Å². The summed E-state index contributed by atoms with van der Waals surface area (Å²) < 4.78 is 17.9. The fourth-order valence-electron chi connectivity index (χ4n) is 2.42. The Morgan fingerprint density at radius 1 is 1.24 bits per heavy atom. The van der Waals surface area contributed by atoms with Gasteiger partial charge in [0.25, 0.3) is 4.84 Å². The number of rotatable bonds is 7. The molecular formula is C17H19N3O3S2. The molecule has 8 heteroatoms. The molecule has 0 unspecified atom stereocenters. The Kier molecular flexibility index (Phi) is 5.52. The molecule has 0 aliphatic rings. The van der Waals surface area contributed by atoms with Crippen LogP contribution in [-0.4, -0.2) is 35.9 Å². The third-order valence-electron chi connectivity index (χ3n) is 3.61. The second kappa shape index (κ2) is 7.81. The van der Waals surface area contributed by atoms with Crippen LogP contribution in [0.4, 0.5) is 0 Å². The Hall–Kier alpha value is -2.16. The first kappa shape index (κ1) is 17.7. The first-order valence-electron chi connectivity index (χ1n) is 7.60. The first-order chi connectivity index (χ1) is 12.1. The molecule has 0 fully saturated rings. The van der Waals surface area contributed by atoms with Crippen molar-refractivity contribution in [2.24, 2.45) is 0 Å². The van der Waals surface area contributed by atoms with E-state index in [9.17, 15) is 0 Å². The average Bonchev–Trinajstić information content (AvgIpc) is 3.24. The molecule has 0 amide bonds. The van der Waals surface area contributed by atoms with Crippen molar-refractivity contribution in [1.29, 1.82) is 0 Å². The summed E-state index contributed by atoms with van der Waals surface area (Å²) in [6, 6.07) is 7.58. The highest BCUT2D eigenvalue weighted by Gasteiger charge is 2.13. The van der Waals surface area contributed by atoms with Gasteiger partial charge >= 0.3 is 0 Å². The van der Waals surface area contributed by atoms with Gasteiger partial charge in [0, 0.05) is 18.2 Å². The summed E-state index contributed by atoms with van der Waals surface area (Å²) >= 11 is 7.00. The van der Waals surface area contributed by atoms with E-state index in [1.807, 2.05) is 19.2 Å². The van der Waals surface area contributed by atoms with Crippen molar-refractivity contribution in [2.75, 3.05) is 21.3 Å². The van der Waals surface area contributed by atoms with Gasteiger partial charge in [0.1, 0.15) is 11.5 Å². The van der Waals surface area contributed by atoms with Crippen LogP contribution in [0.1, 0.15) is 5.56 Å². The van der Waals surface area contributed by atoms with E-state index in [-0.39, 0.29) is 0 Å². The van der Waals surface area contributed by atoms with Crippen molar-refractivity contribution >= 4 is 23.6 Å². The number of hydrogen-bond donors (Lipinski definition) is 0. The van der Waals surface area contributed by atoms with Crippen LogP contribution in [0.25, 0.3) is 11.5 Å². The molecule has 132 valence electrons. The molecule has 3 rings (SSSR count). The molecule has 0 saturated heterocycles. The van der Waals surface area contributed by atoms with Crippen LogP contribution >= 0.6 is 23.6 Å². The quantitative estimate of drug-likeness (QED) is 0.579. The maximum Gasteiger partial charge on any atom is 0.288 e. The highest BCUT2D eigenvalue weighted by Crippen LogP contribution is 2.29. The average molecular weight is 377 g/mol. The lowest BCUT2D eigenvalue weighted by Crippen LogP contribution is -2.22. The first-order valence-corrected chi connectivity index (χ1v) is 8.95. The minimum atomic E-state index is 0.328. The summed E-state index contributed by atoms with van der Waals surface area (Å²) in [6.45, 7) is 1.36. The van der Waals surface area contributed by atoms with Crippen molar-refractivity contribution in [3.63, 3.8) is 0 Å². The summed E-state index contributed by atoms with van der Waals surface area (Å²) in [5.41, 5.74) is 2.02. The highest BCUT2D eigenvalue weighted by atomic mass is 32.1. The third-order valence-corrected chi connectivity index (χ3v) is 4.64. The molecule has 2 heterocycles. The number of benzene rings is 1. The van der Waals surface area contributed by atoms with Gasteiger partial charge in [-0.3, -0.25) is 4.90 Å². The highest BCUT2D eigenvalue weighted by molar-refractivity contribution is 7.71. The Morgan fingerprint density at radius 2 is 1.96 bits per heavy atom. The maximum atomic E-state index is 5.67. The molecule has 6 nitrogen and oxygen atoms in total. The minimum absolute atomic E-state index is 0.328. The van der Waals surface area contributed by atoms with E-state index in [1.54, 1.807) is 36.3 Å². The zero-order valence-electron chi connectivity index (χ0n) is 14.3. The molecule has 25 heavy (non-hydrogen) atoms. The molecule has 3 aromatic rings. The van der Waals surface area contributed by atoms with Crippen molar-refractivity contribution in [2.45, 2.75) is 13.2 Å². The number of ether oxygens (including phenoxy) is 2. The number of methoxy groups -OCH3 is 2. The van der Waals surface area contributed by atoms with Crippen LogP contribution in [0.2, 0.25) is 0 Å². The molecule has 0 saturated carbocycles. The van der Waals surface area contributed by atoms with Crippen LogP contribution in [0.5, 0.6) is 11.5 Å². The summed E-state index contributed by atoms with van der Waals surface area (Å²) in [4.78, 5) is 2.45. The molecule has 1 aromatic carbocycles. The second-order valence-electron chi connectivity index (χ2n) is 5.56. The van der Waals surface area contributed by atoms with Gasteiger partial charge in [-0.1, -0.05) is 0 Å². The minimum Gasteiger partial charge on any atom is -0.497 e. The third kappa shape index (κ3) is 4.28. The van der Waals surface area contributed by atoms with Crippen LogP contribution in [0.15, 0.2) is 39.4 Å². The van der Waals surface area contributed by atoms with Crippen molar-refractivity contribution in [3.05, 3.63) is 45.4 Å². The Morgan fingerprint density at radius 3 is 2.56 bits per heavy atom. The summed E-state index contributed by atoms with van der Waals surface area (Å²) in [5.74, 6) is 1.77. The predicted octanol–water partition coefficient (Wildman–Crippen LogP) is 4.04. The maximum absolute atomic E-state index is 5.67. The predicted molar refractivity (Wildman–Crippen MR) is 99.7 cm³/mol. The second-order valence-corrected chi connectivity index (χ2v) is 6.69. The van der Waals surface area contributed by atoms with Gasteiger partial charge in [-0.2, -0.15) is 11.3 Å². The summed E-state index contributed by atoms with van der Waals surface area (Å²) in [7, 11) is 5.22. The van der Waals surface area contributed by atoms with Crippen molar-refractivity contribution < 1.29 is 13.9 Å². The van der Waals surface area contributed by atoms with Gasteiger partial charge in [-0.15, -0.1) is 5.10 Å². The SMILES string of the molecule is COc1cc(OC)cc(-c2nn(CN(C)Cc3ccsc3)c(=S)o2)c1. The molecule has 0 atom stereocenters. The van der Waals surface area contributed by atoms with E-state index < -0.39 is 0 Å². The van der Waals surface area contributed by atoms with E-state index in [0.717, 1.165) is 12.1 Å². The van der Waals surface area contributed by atoms with Gasteiger partial charge in [0.15, 0.2) is 0 Å². The zero-order valence-corrected chi connectivity index (χ0v) is 15.9. The smallest absolute Gasteiger partial charge is 0.288 e. The zero-order chi connectivity index (χ0) is 17.8. The van der Waals surface area contributed by atoms with Gasteiger partial charge in [0.2, 0.25) is 5.89 Å². The molecule has 0 spiro atoms. The number of thiophene rings is 1. The standard InChI is InChI=1S/C17H19N3O3S2/c1-19(9-12-4-5-25-10-12)11-20-17(24)23-16(18-20)13-6-14(21-2)8-15(7-13)22-3/h4-8,10H,9,11H2,1-3H3. The monoisotopic (exact) mass is 377 g/mol. The van der Waals surface area contributed by atoms with Crippen LogP contribution < -0.4 is 9.47 Å². The molecule has 0 radical (unpaired) electrons. The molecule has 0 aliphatic carbocycles. The Labute approximate surface area is 155 Å². The van der Waals surface area contributed by atoms with Crippen molar-refractivity contribution in [1.82, 2.24) is 14.7 Å². The van der Waals surface area contributed by atoms with Crippen molar-refractivity contribution in [3.8, 4) is 23.0 Å². The largest absolute Gasteiger partial charge is 0.497 e. The topological polar surface area (TPSA) is 52.7 Å². The summed E-state index contributed by atoms with van der Waals surface area (Å²) in [6.07, 6.45) is 0. The fraction of sp³-hybridized carbons (Fsp3) is 0.294. The van der Waals surface area contributed by atoms with E-state index in [0.29, 0.717) is 28.9 Å². The normalized spacial score (nSPS) is 11.0. The van der Waals surface area contributed by atoms with E-state index in [2.05, 4.69) is 26.8 Å². The van der Waals surface area contributed by atoms with Crippen LogP contribution in [0.3, 0.4) is 0 Å². The Balaban J connectivity index is 1.81. The molecule has 0 aliphatic heterocycles. The van der Waals surface area contributed by atoms with Crippen LogP contribution in [0, 0.1) is 4.84 Å². The summed E-state index contributed by atoms with van der Waals surface area (Å²) in [5, 5.41) is 8.70. The van der Waals surface area contributed by atoms with Gasteiger partial charge in [-0.25, -0.2) is 4.68 Å². The van der Waals surface area contributed by atoms with Crippen LogP contribution in [-0.2, 0) is 13.2 Å². The molecule has 0 N–H and O–H groups in total. The number of nitrogens with zero attached hydrogens (tertiary/aromatic N) is 3. The lowest BCUT2D eigenvalue weighted by atomic mass is 10.2. The molecule has 2 aromatic heterocycles. The molecule has 0 bridgehead atoms. The van der Waals surface area contributed by atoms with Gasteiger partial charge in [0.05, 0.1) is 20.9 Å².